The predicted molar refractivity (Wildman–Crippen MR) is 41.0 cm³/mol. The lowest BCUT2D eigenvalue weighted by Gasteiger charge is -1.91. The molecule has 1 heterocycles. The maximum atomic E-state index is 3.99. The first-order chi connectivity index (χ1) is 4.25. The van der Waals surface area contributed by atoms with Gasteiger partial charge in [0.1, 0.15) is 0 Å². The van der Waals surface area contributed by atoms with E-state index < -0.39 is 0 Å². The molecule has 48 valence electrons. The highest BCUT2D eigenvalue weighted by Crippen LogP contribution is 2.14. The number of rotatable bonds is 1. The molecular formula is C6H7BrN2. The number of aryl methyl sites for hydroxylation is 1. The third-order valence-electron chi connectivity index (χ3n) is 1.13. The standard InChI is InChI=1S/C6H7BrN2/c1-3-6-5(7)4-8-9(6)2/h3-4H,1H2,2H3. The minimum atomic E-state index is 0.986. The Morgan fingerprint density at radius 1 is 1.89 bits per heavy atom. The second kappa shape index (κ2) is 2.35. The van der Waals surface area contributed by atoms with Crippen molar-refractivity contribution in [2.24, 2.45) is 7.05 Å². The molecule has 0 saturated heterocycles. The molecule has 0 amide bonds. The molecule has 3 heteroatoms. The van der Waals surface area contributed by atoms with Gasteiger partial charge < -0.3 is 0 Å². The molecule has 0 aromatic carbocycles. The molecule has 0 N–H and O–H groups in total. The predicted octanol–water partition coefficient (Wildman–Crippen LogP) is 1.83. The molecule has 0 aliphatic heterocycles. The molecule has 0 aliphatic carbocycles. The highest BCUT2D eigenvalue weighted by molar-refractivity contribution is 9.10. The van der Waals surface area contributed by atoms with Crippen LogP contribution in [-0.4, -0.2) is 9.78 Å². The van der Waals surface area contributed by atoms with E-state index in [1.54, 1.807) is 17.0 Å². The van der Waals surface area contributed by atoms with Crippen LogP contribution in [0.1, 0.15) is 5.69 Å². The van der Waals surface area contributed by atoms with E-state index in [9.17, 15) is 0 Å². The molecule has 1 aromatic heterocycles. The molecule has 2 nitrogen and oxygen atoms in total. The number of aromatic nitrogens is 2. The average molecular weight is 187 g/mol. The number of hydrogen-bond acceptors (Lipinski definition) is 1. The highest BCUT2D eigenvalue weighted by Gasteiger charge is 1.98. The minimum Gasteiger partial charge on any atom is -0.267 e. The van der Waals surface area contributed by atoms with Crippen LogP contribution in [0.2, 0.25) is 0 Å². The Kier molecular flexibility index (Phi) is 1.71. The summed E-state index contributed by atoms with van der Waals surface area (Å²) < 4.78 is 2.75. The van der Waals surface area contributed by atoms with Crippen LogP contribution < -0.4 is 0 Å². The quantitative estimate of drug-likeness (QED) is 0.655. The van der Waals surface area contributed by atoms with Crippen molar-refractivity contribution in [3.05, 3.63) is 22.9 Å². The Morgan fingerprint density at radius 3 is 2.78 bits per heavy atom. The van der Waals surface area contributed by atoms with Gasteiger partial charge in [0.15, 0.2) is 0 Å². The van der Waals surface area contributed by atoms with Crippen molar-refractivity contribution < 1.29 is 0 Å². The first-order valence-corrected chi connectivity index (χ1v) is 3.35. The van der Waals surface area contributed by atoms with Crippen LogP contribution in [0.15, 0.2) is 17.2 Å². The van der Waals surface area contributed by atoms with Crippen LogP contribution in [0.5, 0.6) is 0 Å². The summed E-state index contributed by atoms with van der Waals surface area (Å²) in [5, 5.41) is 3.99. The van der Waals surface area contributed by atoms with Gasteiger partial charge in [-0.1, -0.05) is 6.58 Å². The number of hydrogen-bond donors (Lipinski definition) is 0. The normalized spacial score (nSPS) is 9.56. The molecule has 0 saturated carbocycles. The van der Waals surface area contributed by atoms with Gasteiger partial charge in [-0.05, 0) is 22.0 Å². The van der Waals surface area contributed by atoms with Crippen molar-refractivity contribution in [1.29, 1.82) is 0 Å². The van der Waals surface area contributed by atoms with Gasteiger partial charge in [0, 0.05) is 7.05 Å². The summed E-state index contributed by atoms with van der Waals surface area (Å²) in [5.41, 5.74) is 1.01. The second-order valence-corrected chi connectivity index (χ2v) is 2.56. The molecule has 1 aromatic rings. The van der Waals surface area contributed by atoms with Crippen LogP contribution >= 0.6 is 15.9 Å². The minimum absolute atomic E-state index is 0.986. The maximum absolute atomic E-state index is 3.99. The van der Waals surface area contributed by atoms with Gasteiger partial charge in [-0.2, -0.15) is 5.10 Å². The van der Waals surface area contributed by atoms with E-state index in [1.807, 2.05) is 7.05 Å². The highest BCUT2D eigenvalue weighted by atomic mass is 79.9. The largest absolute Gasteiger partial charge is 0.267 e. The third kappa shape index (κ3) is 1.05. The molecule has 1 rings (SSSR count). The van der Waals surface area contributed by atoms with Crippen molar-refractivity contribution in [2.45, 2.75) is 0 Å². The smallest absolute Gasteiger partial charge is 0.0743 e. The van der Waals surface area contributed by atoms with E-state index in [1.165, 1.54) is 0 Å². The molecule has 9 heavy (non-hydrogen) atoms. The van der Waals surface area contributed by atoms with Gasteiger partial charge in [-0.15, -0.1) is 0 Å². The van der Waals surface area contributed by atoms with Gasteiger partial charge >= 0.3 is 0 Å². The summed E-state index contributed by atoms with van der Waals surface area (Å²) in [6, 6.07) is 0. The average Bonchev–Trinajstić information content (AvgIpc) is 2.12. The van der Waals surface area contributed by atoms with Crippen molar-refractivity contribution in [1.82, 2.24) is 9.78 Å². The van der Waals surface area contributed by atoms with Gasteiger partial charge in [0.05, 0.1) is 16.4 Å². The molecular weight excluding hydrogens is 180 g/mol. The van der Waals surface area contributed by atoms with Crippen molar-refractivity contribution >= 4 is 22.0 Å². The van der Waals surface area contributed by atoms with Crippen molar-refractivity contribution in [2.75, 3.05) is 0 Å². The fourth-order valence-electron chi connectivity index (χ4n) is 0.650. The van der Waals surface area contributed by atoms with Gasteiger partial charge in [0.2, 0.25) is 0 Å². The Morgan fingerprint density at radius 2 is 2.56 bits per heavy atom. The van der Waals surface area contributed by atoms with Gasteiger partial charge in [-0.25, -0.2) is 0 Å². The lowest BCUT2D eigenvalue weighted by molar-refractivity contribution is 0.759. The van der Waals surface area contributed by atoms with Crippen molar-refractivity contribution in [3.63, 3.8) is 0 Å². The fourth-order valence-corrected chi connectivity index (χ4v) is 1.16. The fraction of sp³-hybridized carbons (Fsp3) is 0.167. The molecule has 0 atom stereocenters. The molecule has 0 radical (unpaired) electrons. The summed E-state index contributed by atoms with van der Waals surface area (Å²) >= 11 is 3.32. The molecule has 0 fully saturated rings. The van der Waals surface area contributed by atoms with Gasteiger partial charge in [0.25, 0.3) is 0 Å². The topological polar surface area (TPSA) is 17.8 Å². The summed E-state index contributed by atoms with van der Waals surface area (Å²) in [6.45, 7) is 3.63. The van der Waals surface area contributed by atoms with E-state index in [-0.39, 0.29) is 0 Å². The van der Waals surface area contributed by atoms with E-state index in [4.69, 9.17) is 0 Å². The molecule has 0 spiro atoms. The zero-order chi connectivity index (χ0) is 6.85. The summed E-state index contributed by atoms with van der Waals surface area (Å²) in [5.74, 6) is 0. The van der Waals surface area contributed by atoms with Gasteiger partial charge in [-0.3, -0.25) is 4.68 Å². The summed E-state index contributed by atoms with van der Waals surface area (Å²) in [7, 11) is 1.88. The Labute approximate surface area is 62.3 Å². The van der Waals surface area contributed by atoms with Crippen molar-refractivity contribution in [3.8, 4) is 0 Å². The maximum Gasteiger partial charge on any atom is 0.0743 e. The lowest BCUT2D eigenvalue weighted by atomic mass is 10.4. The zero-order valence-corrected chi connectivity index (χ0v) is 6.72. The monoisotopic (exact) mass is 186 g/mol. The Bertz CT molecular complexity index is 207. The third-order valence-corrected chi connectivity index (χ3v) is 1.74. The first kappa shape index (κ1) is 6.55. The van der Waals surface area contributed by atoms with E-state index >= 15 is 0 Å². The Balaban J connectivity index is 3.22. The van der Waals surface area contributed by atoms with Crippen LogP contribution in [0.3, 0.4) is 0 Å². The van der Waals surface area contributed by atoms with Crippen LogP contribution in [0.25, 0.3) is 6.08 Å². The van der Waals surface area contributed by atoms with Crippen LogP contribution in [0.4, 0.5) is 0 Å². The zero-order valence-electron chi connectivity index (χ0n) is 5.13. The SMILES string of the molecule is C=Cc1c(Br)cnn1C. The first-order valence-electron chi connectivity index (χ1n) is 2.55. The molecule has 0 unspecified atom stereocenters. The van der Waals surface area contributed by atoms with Crippen LogP contribution in [-0.2, 0) is 7.05 Å². The van der Waals surface area contributed by atoms with E-state index in [0.717, 1.165) is 10.2 Å². The van der Waals surface area contributed by atoms with E-state index in [2.05, 4.69) is 27.6 Å². The van der Waals surface area contributed by atoms with E-state index in [0.29, 0.717) is 0 Å². The molecule has 0 bridgehead atoms. The lowest BCUT2D eigenvalue weighted by Crippen LogP contribution is -1.91. The summed E-state index contributed by atoms with van der Waals surface area (Å²) in [6.07, 6.45) is 3.51. The number of halogens is 1. The molecule has 0 aliphatic rings. The van der Waals surface area contributed by atoms with Crippen LogP contribution in [0, 0.1) is 0 Å². The number of nitrogens with zero attached hydrogens (tertiary/aromatic N) is 2. The second-order valence-electron chi connectivity index (χ2n) is 1.71. The Hall–Kier alpha value is -0.570. The summed E-state index contributed by atoms with van der Waals surface area (Å²) in [4.78, 5) is 0.